The zero-order valence-corrected chi connectivity index (χ0v) is 8.31. The highest BCUT2D eigenvalue weighted by molar-refractivity contribution is 9.10. The molecule has 0 spiro atoms. The van der Waals surface area contributed by atoms with E-state index in [1.807, 2.05) is 0 Å². The minimum atomic E-state index is -2.67. The first-order valence-corrected chi connectivity index (χ1v) is 4.26. The number of carbonyl (C=O) groups is 1. The van der Waals surface area contributed by atoms with E-state index < -0.39 is 6.43 Å². The molecule has 1 aromatic rings. The number of nitrogens with zero attached hydrogens (tertiary/aromatic N) is 1. The van der Waals surface area contributed by atoms with E-state index in [4.69, 9.17) is 0 Å². The molecular weight excluding hydrogens is 244 g/mol. The number of rotatable bonds is 2. The van der Waals surface area contributed by atoms with Crippen molar-refractivity contribution in [3.63, 3.8) is 0 Å². The quantitative estimate of drug-likeness (QED) is 0.755. The molecule has 0 radical (unpaired) electrons. The van der Waals surface area contributed by atoms with Crippen LogP contribution in [0.4, 0.5) is 8.78 Å². The average molecular weight is 250 g/mol. The lowest BCUT2D eigenvalue weighted by Crippen LogP contribution is -1.98. The zero-order valence-electron chi connectivity index (χ0n) is 6.72. The predicted molar refractivity (Wildman–Crippen MR) is 47.0 cm³/mol. The Kier molecular flexibility index (Phi) is 3.08. The van der Waals surface area contributed by atoms with Gasteiger partial charge in [-0.2, -0.15) is 0 Å². The summed E-state index contributed by atoms with van der Waals surface area (Å²) < 4.78 is 24.7. The molecule has 0 unspecified atom stereocenters. The number of aromatic nitrogens is 1. The molecule has 1 heterocycles. The number of hydrogen-bond acceptors (Lipinski definition) is 2. The molecule has 70 valence electrons. The van der Waals surface area contributed by atoms with E-state index >= 15 is 0 Å². The zero-order chi connectivity index (χ0) is 10.0. The van der Waals surface area contributed by atoms with Gasteiger partial charge in [0.25, 0.3) is 6.43 Å². The van der Waals surface area contributed by atoms with Crippen molar-refractivity contribution in [2.75, 3.05) is 0 Å². The van der Waals surface area contributed by atoms with Crippen LogP contribution >= 0.6 is 15.9 Å². The monoisotopic (exact) mass is 249 g/mol. The molecular formula is C8H6BrF2NO. The first-order chi connectivity index (χ1) is 6.06. The van der Waals surface area contributed by atoms with Crippen molar-refractivity contribution < 1.29 is 13.6 Å². The predicted octanol–water partition coefficient (Wildman–Crippen LogP) is 2.90. The second-order valence-corrected chi connectivity index (χ2v) is 3.26. The summed E-state index contributed by atoms with van der Waals surface area (Å²) in [6, 6.07) is 1.45. The Labute approximate surface area is 82.1 Å². The molecule has 13 heavy (non-hydrogen) atoms. The van der Waals surface area contributed by atoms with Gasteiger partial charge in [-0.25, -0.2) is 8.78 Å². The normalized spacial score (nSPS) is 10.5. The number of aryl methyl sites for hydroxylation is 1. The maximum absolute atomic E-state index is 12.3. The van der Waals surface area contributed by atoms with Gasteiger partial charge in [0.2, 0.25) is 0 Å². The third-order valence-corrected chi connectivity index (χ3v) is 2.34. The van der Waals surface area contributed by atoms with Crippen molar-refractivity contribution in [2.24, 2.45) is 0 Å². The average Bonchev–Trinajstić information content (AvgIpc) is 2.08. The Hall–Kier alpha value is -0.840. The maximum Gasteiger partial charge on any atom is 0.281 e. The third-order valence-electron chi connectivity index (χ3n) is 1.47. The van der Waals surface area contributed by atoms with E-state index in [9.17, 15) is 13.6 Å². The number of aldehydes is 1. The standard InChI is InChI=1S/C8H6BrF2NO/c1-4-2-5(3-13)6(9)7(12-4)8(10)11/h2-3,8H,1H3. The molecule has 0 atom stereocenters. The molecule has 0 aliphatic carbocycles. The molecule has 0 aliphatic heterocycles. The van der Waals surface area contributed by atoms with Gasteiger partial charge in [-0.1, -0.05) is 0 Å². The summed E-state index contributed by atoms with van der Waals surface area (Å²) in [5.41, 5.74) is 0.213. The minimum Gasteiger partial charge on any atom is -0.298 e. The Bertz CT molecular complexity index is 341. The van der Waals surface area contributed by atoms with Crippen molar-refractivity contribution >= 4 is 22.2 Å². The number of halogens is 3. The van der Waals surface area contributed by atoms with Crippen molar-refractivity contribution in [2.45, 2.75) is 13.3 Å². The largest absolute Gasteiger partial charge is 0.298 e. The van der Waals surface area contributed by atoms with Gasteiger partial charge >= 0.3 is 0 Å². The Morgan fingerprint density at radius 1 is 1.62 bits per heavy atom. The van der Waals surface area contributed by atoms with Gasteiger partial charge in [0.05, 0.1) is 4.47 Å². The number of alkyl halides is 2. The molecule has 0 aromatic carbocycles. The highest BCUT2D eigenvalue weighted by atomic mass is 79.9. The van der Waals surface area contributed by atoms with E-state index in [-0.39, 0.29) is 15.7 Å². The summed E-state index contributed by atoms with van der Waals surface area (Å²) in [5, 5.41) is 0. The SMILES string of the molecule is Cc1cc(C=O)c(Br)c(C(F)F)n1. The van der Waals surface area contributed by atoms with Crippen molar-refractivity contribution in [1.29, 1.82) is 0 Å². The van der Waals surface area contributed by atoms with Crippen LogP contribution in [0.5, 0.6) is 0 Å². The molecule has 5 heteroatoms. The van der Waals surface area contributed by atoms with Crippen LogP contribution in [0.3, 0.4) is 0 Å². The van der Waals surface area contributed by atoms with Crippen LogP contribution in [-0.2, 0) is 0 Å². The number of hydrogen-bond donors (Lipinski definition) is 0. The van der Waals surface area contributed by atoms with Crippen LogP contribution in [0.15, 0.2) is 10.5 Å². The fourth-order valence-electron chi connectivity index (χ4n) is 0.938. The molecule has 1 rings (SSSR count). The second-order valence-electron chi connectivity index (χ2n) is 2.47. The first-order valence-electron chi connectivity index (χ1n) is 3.46. The van der Waals surface area contributed by atoms with E-state index in [1.54, 1.807) is 6.92 Å². The minimum absolute atomic E-state index is 0.0723. The molecule has 0 bridgehead atoms. The van der Waals surface area contributed by atoms with E-state index in [1.165, 1.54) is 6.07 Å². The van der Waals surface area contributed by atoms with Gasteiger partial charge in [0, 0.05) is 11.3 Å². The van der Waals surface area contributed by atoms with Crippen LogP contribution in [0.2, 0.25) is 0 Å². The summed E-state index contributed by atoms with van der Waals surface area (Å²) in [6.07, 6.45) is -2.15. The molecule has 0 saturated heterocycles. The number of carbonyl (C=O) groups excluding carboxylic acids is 1. The second kappa shape index (κ2) is 3.91. The first kappa shape index (κ1) is 10.2. The summed E-state index contributed by atoms with van der Waals surface area (Å²) in [5.74, 6) is 0. The Balaban J connectivity index is 3.35. The molecule has 0 fully saturated rings. The molecule has 2 nitrogen and oxygen atoms in total. The van der Waals surface area contributed by atoms with Crippen molar-refractivity contribution in [1.82, 2.24) is 4.98 Å². The molecule has 0 amide bonds. The van der Waals surface area contributed by atoms with Crippen molar-refractivity contribution in [3.05, 3.63) is 27.5 Å². The van der Waals surface area contributed by atoms with Gasteiger partial charge in [0.1, 0.15) is 5.69 Å². The lowest BCUT2D eigenvalue weighted by atomic mass is 10.2. The maximum atomic E-state index is 12.3. The highest BCUT2D eigenvalue weighted by Crippen LogP contribution is 2.28. The van der Waals surface area contributed by atoms with Crippen LogP contribution in [0, 0.1) is 6.92 Å². The van der Waals surface area contributed by atoms with Crippen LogP contribution in [-0.4, -0.2) is 11.3 Å². The summed E-state index contributed by atoms with van der Waals surface area (Å²) in [7, 11) is 0. The van der Waals surface area contributed by atoms with Gasteiger partial charge in [0.15, 0.2) is 6.29 Å². The van der Waals surface area contributed by atoms with E-state index in [2.05, 4.69) is 20.9 Å². The van der Waals surface area contributed by atoms with Crippen LogP contribution in [0.1, 0.15) is 28.2 Å². The Morgan fingerprint density at radius 3 is 2.69 bits per heavy atom. The summed E-state index contributed by atoms with van der Waals surface area (Å²) in [6.45, 7) is 1.56. The highest BCUT2D eigenvalue weighted by Gasteiger charge is 2.16. The fraction of sp³-hybridized carbons (Fsp3) is 0.250. The van der Waals surface area contributed by atoms with Gasteiger partial charge in [-0.05, 0) is 28.9 Å². The third kappa shape index (κ3) is 2.09. The lowest BCUT2D eigenvalue weighted by molar-refractivity contribution is 0.112. The van der Waals surface area contributed by atoms with Crippen LogP contribution < -0.4 is 0 Å². The lowest BCUT2D eigenvalue weighted by Gasteiger charge is -2.05. The van der Waals surface area contributed by atoms with Crippen molar-refractivity contribution in [3.8, 4) is 0 Å². The topological polar surface area (TPSA) is 30.0 Å². The van der Waals surface area contributed by atoms with Gasteiger partial charge < -0.3 is 0 Å². The summed E-state index contributed by atoms with van der Waals surface area (Å²) in [4.78, 5) is 14.1. The fourth-order valence-corrected chi connectivity index (χ4v) is 1.41. The van der Waals surface area contributed by atoms with Gasteiger partial charge in [-0.3, -0.25) is 9.78 Å². The van der Waals surface area contributed by atoms with E-state index in [0.717, 1.165) is 0 Å². The summed E-state index contributed by atoms with van der Waals surface area (Å²) >= 11 is 2.90. The molecule has 0 saturated carbocycles. The van der Waals surface area contributed by atoms with Gasteiger partial charge in [-0.15, -0.1) is 0 Å². The molecule has 0 aliphatic rings. The van der Waals surface area contributed by atoms with E-state index in [0.29, 0.717) is 12.0 Å². The molecule has 1 aromatic heterocycles. The smallest absolute Gasteiger partial charge is 0.281 e. The number of pyridine rings is 1. The van der Waals surface area contributed by atoms with Crippen LogP contribution in [0.25, 0.3) is 0 Å². The molecule has 0 N–H and O–H groups in total. The Morgan fingerprint density at radius 2 is 2.23 bits per heavy atom.